The van der Waals surface area contributed by atoms with Crippen molar-refractivity contribution in [1.82, 2.24) is 25.0 Å². The van der Waals surface area contributed by atoms with Crippen LogP contribution in [0.4, 0.5) is 5.69 Å². The predicted octanol–water partition coefficient (Wildman–Crippen LogP) is 1.96. The van der Waals surface area contributed by atoms with Crippen molar-refractivity contribution in [2.45, 2.75) is 0 Å². The first-order chi connectivity index (χ1) is 10.2. The van der Waals surface area contributed by atoms with Crippen LogP contribution in [0, 0.1) is 0 Å². The Morgan fingerprint density at radius 1 is 1.19 bits per heavy atom. The van der Waals surface area contributed by atoms with Gasteiger partial charge in [-0.2, -0.15) is 0 Å². The van der Waals surface area contributed by atoms with E-state index in [9.17, 15) is 4.79 Å². The molecule has 0 aliphatic rings. The molecule has 7 nitrogen and oxygen atoms in total. The van der Waals surface area contributed by atoms with E-state index >= 15 is 0 Å². The molecule has 1 amide bonds. The Kier molecular flexibility index (Phi) is 3.57. The Balaban J connectivity index is 1.88. The minimum Gasteiger partial charge on any atom is -0.319 e. The molecule has 0 spiro atoms. The van der Waals surface area contributed by atoms with Gasteiger partial charge in [0.1, 0.15) is 10.8 Å². The van der Waals surface area contributed by atoms with Gasteiger partial charge in [0.05, 0.1) is 36.2 Å². The summed E-state index contributed by atoms with van der Waals surface area (Å²) in [7, 11) is 0. The molecule has 0 atom stereocenters. The van der Waals surface area contributed by atoms with E-state index in [1.807, 2.05) is 18.2 Å². The zero-order valence-electron chi connectivity index (χ0n) is 10.6. The largest absolute Gasteiger partial charge is 0.319 e. The molecular weight excluding hydrogens is 292 g/mol. The number of halogens is 1. The minimum atomic E-state index is -0.383. The second-order valence-electron chi connectivity index (χ2n) is 4.04. The van der Waals surface area contributed by atoms with Gasteiger partial charge in [-0.1, -0.05) is 28.9 Å². The highest BCUT2D eigenvalue weighted by Gasteiger charge is 2.11. The van der Waals surface area contributed by atoms with Gasteiger partial charge in [0, 0.05) is 0 Å². The molecule has 2 heterocycles. The molecule has 1 N–H and O–H groups in total. The molecule has 21 heavy (non-hydrogen) atoms. The van der Waals surface area contributed by atoms with Gasteiger partial charge in [-0.05, 0) is 12.1 Å². The maximum absolute atomic E-state index is 12.1. The summed E-state index contributed by atoms with van der Waals surface area (Å²) in [6.07, 6.45) is 5.88. The summed E-state index contributed by atoms with van der Waals surface area (Å²) in [6.45, 7) is 0. The molecule has 8 heteroatoms. The van der Waals surface area contributed by atoms with E-state index in [-0.39, 0.29) is 16.8 Å². The first-order valence-electron chi connectivity index (χ1n) is 5.98. The van der Waals surface area contributed by atoms with Crippen LogP contribution in [0.2, 0.25) is 5.15 Å². The van der Waals surface area contributed by atoms with E-state index in [1.54, 1.807) is 23.1 Å². The normalized spacial score (nSPS) is 10.3. The van der Waals surface area contributed by atoms with E-state index < -0.39 is 0 Å². The monoisotopic (exact) mass is 300 g/mol. The third kappa shape index (κ3) is 2.87. The summed E-state index contributed by atoms with van der Waals surface area (Å²) in [5.41, 5.74) is 1.46. The van der Waals surface area contributed by atoms with Crippen LogP contribution < -0.4 is 5.32 Å². The molecule has 0 aliphatic heterocycles. The number of para-hydroxylation sites is 2. The van der Waals surface area contributed by atoms with Gasteiger partial charge in [-0.25, -0.2) is 14.6 Å². The van der Waals surface area contributed by atoms with Gasteiger partial charge in [0.15, 0.2) is 0 Å². The van der Waals surface area contributed by atoms with Gasteiger partial charge in [-0.15, -0.1) is 5.10 Å². The quantitative estimate of drug-likeness (QED) is 0.799. The van der Waals surface area contributed by atoms with Gasteiger partial charge >= 0.3 is 0 Å². The molecule has 2 aromatic heterocycles. The number of hydrogen-bond acceptors (Lipinski definition) is 5. The maximum atomic E-state index is 12.1. The number of benzene rings is 1. The number of anilines is 1. The van der Waals surface area contributed by atoms with Gasteiger partial charge < -0.3 is 5.32 Å². The van der Waals surface area contributed by atoms with Crippen molar-refractivity contribution in [2.24, 2.45) is 0 Å². The standard InChI is InChI=1S/C13H9ClN6O/c14-12-8-15-10(7-16-12)13(21)18-9-3-1-2-4-11(9)20-6-5-17-19-20/h1-8H,(H,18,21). The number of amides is 1. The highest BCUT2D eigenvalue weighted by atomic mass is 35.5. The van der Waals surface area contributed by atoms with Crippen molar-refractivity contribution >= 4 is 23.2 Å². The highest BCUT2D eigenvalue weighted by Crippen LogP contribution is 2.19. The zero-order valence-corrected chi connectivity index (χ0v) is 11.4. The first-order valence-corrected chi connectivity index (χ1v) is 6.36. The Morgan fingerprint density at radius 2 is 2.05 bits per heavy atom. The maximum Gasteiger partial charge on any atom is 0.275 e. The molecule has 0 saturated heterocycles. The lowest BCUT2D eigenvalue weighted by molar-refractivity contribution is 0.102. The van der Waals surface area contributed by atoms with Crippen molar-refractivity contribution in [1.29, 1.82) is 0 Å². The lowest BCUT2D eigenvalue weighted by atomic mass is 10.2. The number of nitrogens with zero attached hydrogens (tertiary/aromatic N) is 5. The third-order valence-corrected chi connectivity index (χ3v) is 2.87. The molecule has 0 bridgehead atoms. The van der Waals surface area contributed by atoms with Gasteiger partial charge in [-0.3, -0.25) is 4.79 Å². The molecule has 0 fully saturated rings. The number of aromatic nitrogens is 5. The molecule has 0 radical (unpaired) electrons. The molecule has 0 saturated carbocycles. The summed E-state index contributed by atoms with van der Waals surface area (Å²) in [5.74, 6) is -0.383. The lowest BCUT2D eigenvalue weighted by Gasteiger charge is -2.09. The minimum absolute atomic E-state index is 0.174. The number of nitrogens with one attached hydrogen (secondary N) is 1. The molecule has 3 aromatic rings. The number of hydrogen-bond donors (Lipinski definition) is 1. The summed E-state index contributed by atoms with van der Waals surface area (Å²) in [5, 5.41) is 10.7. The Bertz CT molecular complexity index is 757. The van der Waals surface area contributed by atoms with Crippen LogP contribution in [0.1, 0.15) is 10.5 Å². The fraction of sp³-hybridized carbons (Fsp3) is 0. The topological polar surface area (TPSA) is 85.6 Å². The van der Waals surface area contributed by atoms with Crippen LogP contribution in [0.25, 0.3) is 5.69 Å². The summed E-state index contributed by atoms with van der Waals surface area (Å²) < 4.78 is 1.56. The molecule has 1 aromatic carbocycles. The summed E-state index contributed by atoms with van der Waals surface area (Å²) >= 11 is 5.65. The Morgan fingerprint density at radius 3 is 2.76 bits per heavy atom. The van der Waals surface area contributed by atoms with Gasteiger partial charge in [0.25, 0.3) is 5.91 Å². The van der Waals surface area contributed by atoms with Crippen LogP contribution >= 0.6 is 11.6 Å². The Hall–Kier alpha value is -2.80. The third-order valence-electron chi connectivity index (χ3n) is 2.67. The number of carbonyl (C=O) groups excluding carboxylic acids is 1. The van der Waals surface area contributed by atoms with E-state index in [0.717, 1.165) is 0 Å². The average molecular weight is 301 g/mol. The zero-order chi connectivity index (χ0) is 14.7. The summed E-state index contributed by atoms with van der Waals surface area (Å²) in [6, 6.07) is 7.23. The van der Waals surface area contributed by atoms with Crippen LogP contribution in [-0.4, -0.2) is 30.9 Å². The van der Waals surface area contributed by atoms with Crippen LogP contribution in [-0.2, 0) is 0 Å². The van der Waals surface area contributed by atoms with Crippen molar-refractivity contribution in [2.75, 3.05) is 5.32 Å². The van der Waals surface area contributed by atoms with Crippen LogP contribution in [0.5, 0.6) is 0 Å². The second-order valence-corrected chi connectivity index (χ2v) is 4.43. The van der Waals surface area contributed by atoms with Crippen molar-refractivity contribution in [3.63, 3.8) is 0 Å². The molecule has 3 rings (SSSR count). The van der Waals surface area contributed by atoms with Crippen molar-refractivity contribution < 1.29 is 4.79 Å². The van der Waals surface area contributed by atoms with Crippen LogP contribution in [0.3, 0.4) is 0 Å². The fourth-order valence-electron chi connectivity index (χ4n) is 1.73. The molecular formula is C13H9ClN6O. The van der Waals surface area contributed by atoms with E-state index in [2.05, 4.69) is 25.6 Å². The van der Waals surface area contributed by atoms with Crippen molar-refractivity contribution in [3.05, 3.63) is 59.9 Å². The molecule has 0 unspecified atom stereocenters. The van der Waals surface area contributed by atoms with E-state index in [4.69, 9.17) is 11.6 Å². The van der Waals surface area contributed by atoms with Gasteiger partial charge in [0.2, 0.25) is 0 Å². The Labute approximate surface area is 124 Å². The smallest absolute Gasteiger partial charge is 0.275 e. The first kappa shape index (κ1) is 13.2. The van der Waals surface area contributed by atoms with Crippen molar-refractivity contribution in [3.8, 4) is 5.69 Å². The van der Waals surface area contributed by atoms with Crippen LogP contribution in [0.15, 0.2) is 49.1 Å². The van der Waals surface area contributed by atoms with E-state index in [1.165, 1.54) is 12.4 Å². The average Bonchev–Trinajstić information content (AvgIpc) is 3.02. The molecule has 0 aliphatic carbocycles. The number of carbonyl (C=O) groups is 1. The SMILES string of the molecule is O=C(Nc1ccccc1-n1ccnn1)c1cnc(Cl)cn1. The predicted molar refractivity (Wildman–Crippen MR) is 76.4 cm³/mol. The fourth-order valence-corrected chi connectivity index (χ4v) is 1.83. The number of rotatable bonds is 3. The lowest BCUT2D eigenvalue weighted by Crippen LogP contribution is -2.15. The van der Waals surface area contributed by atoms with E-state index in [0.29, 0.717) is 11.4 Å². The highest BCUT2D eigenvalue weighted by molar-refractivity contribution is 6.29. The molecule has 104 valence electrons. The second kappa shape index (κ2) is 5.68. The summed E-state index contributed by atoms with van der Waals surface area (Å²) in [4.78, 5) is 19.9.